The van der Waals surface area contributed by atoms with Crippen LogP contribution in [0.2, 0.25) is 0 Å². The van der Waals surface area contributed by atoms with Crippen molar-refractivity contribution < 1.29 is 23.9 Å². The van der Waals surface area contributed by atoms with E-state index in [4.69, 9.17) is 21.1 Å². The number of morpholine rings is 2. The van der Waals surface area contributed by atoms with E-state index >= 15 is 0 Å². The molecule has 2 N–H and O–H groups in total. The third-order valence-corrected chi connectivity index (χ3v) is 10.6. The van der Waals surface area contributed by atoms with Gasteiger partial charge in [-0.3, -0.25) is 19.3 Å². The number of Topliss-reactive ketones (excluding diaryl/α,β-unsaturated/α-hetero) is 1. The summed E-state index contributed by atoms with van der Waals surface area (Å²) < 4.78 is 12.2. The van der Waals surface area contributed by atoms with Crippen molar-refractivity contribution in [2.45, 2.75) is 80.7 Å². The van der Waals surface area contributed by atoms with Gasteiger partial charge in [0, 0.05) is 62.7 Å². The van der Waals surface area contributed by atoms with Crippen molar-refractivity contribution >= 4 is 29.2 Å². The number of ether oxygens (including phenoxy) is 2. The molecule has 6 aliphatic rings. The lowest BCUT2D eigenvalue weighted by atomic mass is 9.70. The first-order valence-corrected chi connectivity index (χ1v) is 15.7. The summed E-state index contributed by atoms with van der Waals surface area (Å²) in [7, 11) is 1.70. The molecule has 0 aromatic heterocycles. The predicted molar refractivity (Wildman–Crippen MR) is 150 cm³/mol. The fraction of sp³-hybridized carbons (Fsp3) is 0.828. The van der Waals surface area contributed by atoms with Gasteiger partial charge in [-0.25, -0.2) is 0 Å². The third kappa shape index (κ3) is 5.67. The highest BCUT2D eigenvalue weighted by Gasteiger charge is 2.56. The van der Waals surface area contributed by atoms with Crippen LogP contribution in [-0.4, -0.2) is 128 Å². The Morgan fingerprint density at radius 3 is 2.55 bits per heavy atom. The van der Waals surface area contributed by atoms with Crippen LogP contribution < -0.4 is 10.6 Å². The zero-order valence-electron chi connectivity index (χ0n) is 23.6. The van der Waals surface area contributed by atoms with Crippen LogP contribution in [0.1, 0.15) is 44.9 Å². The van der Waals surface area contributed by atoms with Crippen LogP contribution in [-0.2, 0) is 23.9 Å². The van der Waals surface area contributed by atoms with Gasteiger partial charge in [0.2, 0.25) is 5.91 Å². The van der Waals surface area contributed by atoms with Gasteiger partial charge in [0.15, 0.2) is 5.78 Å². The van der Waals surface area contributed by atoms with E-state index in [1.54, 1.807) is 7.05 Å². The number of rotatable bonds is 6. The van der Waals surface area contributed by atoms with Gasteiger partial charge < -0.3 is 29.9 Å². The molecule has 11 heteroatoms. The Morgan fingerprint density at radius 2 is 1.80 bits per heavy atom. The minimum Gasteiger partial charge on any atom is -0.379 e. The van der Waals surface area contributed by atoms with E-state index in [9.17, 15) is 14.4 Å². The Kier molecular flexibility index (Phi) is 8.70. The molecule has 6 rings (SSSR count). The van der Waals surface area contributed by atoms with Gasteiger partial charge in [0.1, 0.15) is 0 Å². The number of carbonyl (C=O) groups is 3. The van der Waals surface area contributed by atoms with Gasteiger partial charge in [0.25, 0.3) is 5.91 Å². The maximum Gasteiger partial charge on any atom is 0.256 e. The molecule has 0 bridgehead atoms. The second-order valence-corrected chi connectivity index (χ2v) is 13.0. The van der Waals surface area contributed by atoms with Crippen molar-refractivity contribution in [1.29, 1.82) is 0 Å². The second kappa shape index (κ2) is 12.3. The molecule has 0 aromatic carbocycles. The Hall–Kier alpha value is -1.72. The van der Waals surface area contributed by atoms with Gasteiger partial charge in [-0.2, -0.15) is 0 Å². The third-order valence-electron chi connectivity index (χ3n) is 10.2. The SMILES string of the molecule is CNC(=O)C1CCN(C2CC3OC4CCC(Cl)CC4N4C=C(C(=O)NCCN5CCOCC5)C(=O)C(C2)C34)CC1. The number of halogens is 1. The first-order chi connectivity index (χ1) is 19.4. The number of fused-ring (bicyclic) bond motifs is 2. The Balaban J connectivity index is 1.19. The number of hydrogen-bond acceptors (Lipinski definition) is 8. The minimum atomic E-state index is -0.290. The quantitative estimate of drug-likeness (QED) is 0.352. The fourth-order valence-electron chi connectivity index (χ4n) is 8.02. The summed E-state index contributed by atoms with van der Waals surface area (Å²) in [5.74, 6) is -0.449. The molecule has 10 nitrogen and oxygen atoms in total. The average molecular weight is 578 g/mol. The largest absolute Gasteiger partial charge is 0.379 e. The number of nitrogens with one attached hydrogen (secondary N) is 2. The maximum absolute atomic E-state index is 14.0. The van der Waals surface area contributed by atoms with Crippen molar-refractivity contribution in [3.63, 3.8) is 0 Å². The second-order valence-electron chi connectivity index (χ2n) is 12.4. The maximum atomic E-state index is 14.0. The lowest BCUT2D eigenvalue weighted by molar-refractivity contribution is -0.188. The van der Waals surface area contributed by atoms with Gasteiger partial charge in [-0.1, -0.05) is 0 Å². The van der Waals surface area contributed by atoms with Gasteiger partial charge in [-0.15, -0.1) is 11.6 Å². The molecule has 4 aliphatic heterocycles. The van der Waals surface area contributed by atoms with Crippen LogP contribution in [0.15, 0.2) is 11.8 Å². The Bertz CT molecular complexity index is 997. The average Bonchev–Trinajstić information content (AvgIpc) is 2.98. The first kappa shape index (κ1) is 28.4. The molecule has 2 aliphatic carbocycles. The molecule has 222 valence electrons. The number of ketones is 1. The molecule has 5 fully saturated rings. The number of piperidine rings is 1. The summed E-state index contributed by atoms with van der Waals surface area (Å²) in [5.41, 5.74) is 0.276. The molecule has 3 saturated heterocycles. The summed E-state index contributed by atoms with van der Waals surface area (Å²) in [6.45, 7) is 6.09. The van der Waals surface area contributed by atoms with Crippen molar-refractivity contribution in [1.82, 2.24) is 25.3 Å². The van der Waals surface area contributed by atoms with Gasteiger partial charge >= 0.3 is 0 Å². The van der Waals surface area contributed by atoms with Crippen LogP contribution in [0, 0.1) is 11.8 Å². The zero-order valence-corrected chi connectivity index (χ0v) is 24.3. The molecule has 7 unspecified atom stereocenters. The van der Waals surface area contributed by atoms with E-state index in [2.05, 4.69) is 25.3 Å². The lowest BCUT2D eigenvalue weighted by Gasteiger charge is -2.59. The van der Waals surface area contributed by atoms with E-state index in [1.165, 1.54) is 0 Å². The van der Waals surface area contributed by atoms with E-state index in [0.717, 1.165) is 71.2 Å². The number of nitrogens with zero attached hydrogens (tertiary/aromatic N) is 3. The van der Waals surface area contributed by atoms with Crippen LogP contribution in [0.3, 0.4) is 0 Å². The summed E-state index contributed by atoms with van der Waals surface area (Å²) in [6, 6.07) is 0.233. The highest BCUT2D eigenvalue weighted by atomic mass is 35.5. The standard InChI is InChI=1S/C29H44ClN5O5/c1-31-28(37)18-4-7-34(8-5-18)20-15-21-26-25(16-20)40-24-3-2-19(30)14-23(24)35(26)17-22(27(21)36)29(38)32-6-9-33-10-12-39-13-11-33/h17-21,23-26H,2-16H2,1H3,(H,31,37)(H,32,38). The normalized spacial score (nSPS) is 37.2. The van der Waals surface area contributed by atoms with Gasteiger partial charge in [-0.05, 0) is 58.0 Å². The molecule has 40 heavy (non-hydrogen) atoms. The topological polar surface area (TPSA) is 103 Å². The lowest BCUT2D eigenvalue weighted by Crippen LogP contribution is -2.69. The summed E-state index contributed by atoms with van der Waals surface area (Å²) >= 11 is 6.63. The summed E-state index contributed by atoms with van der Waals surface area (Å²) in [4.78, 5) is 46.7. The van der Waals surface area contributed by atoms with Crippen LogP contribution in [0.25, 0.3) is 0 Å². The van der Waals surface area contributed by atoms with Crippen molar-refractivity contribution in [3.8, 4) is 0 Å². The predicted octanol–water partition coefficient (Wildman–Crippen LogP) is 0.736. The highest BCUT2D eigenvalue weighted by Crippen LogP contribution is 2.46. The van der Waals surface area contributed by atoms with E-state index in [-0.39, 0.29) is 70.7 Å². The van der Waals surface area contributed by atoms with E-state index in [1.807, 2.05) is 6.20 Å². The van der Waals surface area contributed by atoms with Crippen LogP contribution in [0.5, 0.6) is 0 Å². The summed E-state index contributed by atoms with van der Waals surface area (Å²) in [6.07, 6.45) is 7.72. The minimum absolute atomic E-state index is 0.0533. The number of amides is 2. The van der Waals surface area contributed by atoms with Crippen molar-refractivity contribution in [3.05, 3.63) is 11.8 Å². The Morgan fingerprint density at radius 1 is 1.02 bits per heavy atom. The monoisotopic (exact) mass is 577 g/mol. The molecule has 0 aromatic rings. The molecule has 7 atom stereocenters. The Labute approximate surface area is 242 Å². The van der Waals surface area contributed by atoms with Gasteiger partial charge in [0.05, 0.1) is 43.1 Å². The zero-order chi connectivity index (χ0) is 27.8. The van der Waals surface area contributed by atoms with Crippen LogP contribution >= 0.6 is 11.6 Å². The molecule has 0 radical (unpaired) electrons. The molecular formula is C29H44ClN5O5. The van der Waals surface area contributed by atoms with Crippen molar-refractivity contribution in [2.24, 2.45) is 11.8 Å². The number of hydrogen-bond donors (Lipinski definition) is 2. The molecule has 2 saturated carbocycles. The number of alkyl halides is 1. The van der Waals surface area contributed by atoms with Crippen molar-refractivity contribution in [2.75, 3.05) is 59.5 Å². The number of carbonyl (C=O) groups excluding carboxylic acids is 3. The summed E-state index contributed by atoms with van der Waals surface area (Å²) in [5, 5.41) is 5.90. The highest BCUT2D eigenvalue weighted by molar-refractivity contribution is 6.21. The van der Waals surface area contributed by atoms with E-state index in [0.29, 0.717) is 26.2 Å². The van der Waals surface area contributed by atoms with Crippen LogP contribution in [0.4, 0.5) is 0 Å². The number of likely N-dealkylation sites (tertiary alicyclic amines) is 1. The first-order valence-electron chi connectivity index (χ1n) is 15.3. The van der Waals surface area contributed by atoms with E-state index < -0.39 is 0 Å². The molecule has 2 amide bonds. The fourth-order valence-corrected chi connectivity index (χ4v) is 8.33. The molecular weight excluding hydrogens is 534 g/mol. The molecule has 4 heterocycles. The smallest absolute Gasteiger partial charge is 0.256 e. The molecule has 0 spiro atoms.